The van der Waals surface area contributed by atoms with E-state index in [1.807, 2.05) is 0 Å². The molecule has 2 aromatic rings. The van der Waals surface area contributed by atoms with E-state index >= 15 is 0 Å². The molecule has 1 N–H and O–H groups in total. The fraction of sp³-hybridized carbons (Fsp3) is 0.417. The monoisotopic (exact) mass is 529 g/mol. The van der Waals surface area contributed by atoms with Crippen LogP contribution in [0.4, 0.5) is 18.9 Å². The second-order valence-corrected chi connectivity index (χ2v) is 10.4. The van der Waals surface area contributed by atoms with Crippen molar-refractivity contribution >= 4 is 27.5 Å². The summed E-state index contributed by atoms with van der Waals surface area (Å²) in [5.74, 6) is -0.723. The van der Waals surface area contributed by atoms with Crippen LogP contribution in [0.1, 0.15) is 31.9 Å². The van der Waals surface area contributed by atoms with Crippen LogP contribution >= 0.6 is 0 Å². The minimum atomic E-state index is -4.70. The molecule has 198 valence electrons. The number of halogens is 3. The first-order chi connectivity index (χ1) is 16.6. The van der Waals surface area contributed by atoms with Gasteiger partial charge in [0.2, 0.25) is 21.8 Å². The molecule has 0 heterocycles. The van der Waals surface area contributed by atoms with Crippen LogP contribution in [0.25, 0.3) is 0 Å². The van der Waals surface area contributed by atoms with E-state index < -0.39 is 46.2 Å². The number of hydrogen-bond acceptors (Lipinski definition) is 5. The number of sulfonamides is 1. The van der Waals surface area contributed by atoms with E-state index in [0.717, 1.165) is 18.4 Å². The molecule has 0 aliphatic carbocycles. The summed E-state index contributed by atoms with van der Waals surface area (Å²) < 4.78 is 70.5. The van der Waals surface area contributed by atoms with Crippen molar-refractivity contribution in [2.45, 2.75) is 45.6 Å². The predicted octanol–water partition coefficient (Wildman–Crippen LogP) is 3.42. The Morgan fingerprint density at radius 3 is 2.25 bits per heavy atom. The minimum Gasteiger partial charge on any atom is -0.497 e. The van der Waals surface area contributed by atoms with Crippen LogP contribution in [-0.2, 0) is 32.3 Å². The fourth-order valence-electron chi connectivity index (χ4n) is 3.41. The van der Waals surface area contributed by atoms with Crippen LogP contribution in [0.2, 0.25) is 0 Å². The van der Waals surface area contributed by atoms with Gasteiger partial charge >= 0.3 is 6.18 Å². The zero-order chi connectivity index (χ0) is 27.3. The number of ether oxygens (including phenoxy) is 1. The number of nitrogens with one attached hydrogen (secondary N) is 1. The van der Waals surface area contributed by atoms with Gasteiger partial charge in [-0.1, -0.05) is 18.2 Å². The highest BCUT2D eigenvalue weighted by molar-refractivity contribution is 7.92. The summed E-state index contributed by atoms with van der Waals surface area (Å²) in [6.07, 6.45) is -3.91. The number of benzene rings is 2. The number of carbonyl (C=O) groups is 2. The third-order valence-electron chi connectivity index (χ3n) is 5.23. The summed E-state index contributed by atoms with van der Waals surface area (Å²) >= 11 is 0. The third kappa shape index (κ3) is 7.87. The van der Waals surface area contributed by atoms with Crippen LogP contribution < -0.4 is 14.4 Å². The molecule has 0 bridgehead atoms. The number of amides is 2. The quantitative estimate of drug-likeness (QED) is 0.509. The van der Waals surface area contributed by atoms with E-state index in [9.17, 15) is 31.2 Å². The molecule has 12 heteroatoms. The molecule has 1 unspecified atom stereocenters. The average Bonchev–Trinajstić information content (AvgIpc) is 2.78. The van der Waals surface area contributed by atoms with Crippen LogP contribution in [0, 0.1) is 0 Å². The molecule has 0 aromatic heterocycles. The summed E-state index contributed by atoms with van der Waals surface area (Å²) in [6.45, 7) is 4.12. The second-order valence-electron chi connectivity index (χ2n) is 8.53. The van der Waals surface area contributed by atoms with Gasteiger partial charge in [0, 0.05) is 12.6 Å². The largest absolute Gasteiger partial charge is 0.497 e. The number of methoxy groups -OCH3 is 1. The van der Waals surface area contributed by atoms with Crippen molar-refractivity contribution in [1.29, 1.82) is 0 Å². The zero-order valence-electron chi connectivity index (χ0n) is 20.7. The number of anilines is 1. The van der Waals surface area contributed by atoms with Gasteiger partial charge in [-0.25, -0.2) is 8.42 Å². The lowest BCUT2D eigenvalue weighted by Gasteiger charge is -2.32. The lowest BCUT2D eigenvalue weighted by Crippen LogP contribution is -2.52. The predicted molar refractivity (Wildman–Crippen MR) is 130 cm³/mol. The molecule has 8 nitrogen and oxygen atoms in total. The number of nitrogens with zero attached hydrogens (tertiary/aromatic N) is 2. The van der Waals surface area contributed by atoms with E-state index in [1.165, 1.54) is 25.0 Å². The number of rotatable bonds is 10. The third-order valence-corrected chi connectivity index (χ3v) is 6.37. The van der Waals surface area contributed by atoms with Gasteiger partial charge in [0.1, 0.15) is 18.3 Å². The molecule has 0 spiro atoms. The van der Waals surface area contributed by atoms with Gasteiger partial charge in [0.15, 0.2) is 0 Å². The van der Waals surface area contributed by atoms with Gasteiger partial charge in [-0.3, -0.25) is 13.9 Å². The highest BCUT2D eigenvalue weighted by Crippen LogP contribution is 2.32. The molecule has 2 aromatic carbocycles. The van der Waals surface area contributed by atoms with Crippen LogP contribution in [0.3, 0.4) is 0 Å². The number of hydrogen-bond donors (Lipinski definition) is 1. The maximum absolute atomic E-state index is 13.4. The van der Waals surface area contributed by atoms with Crippen molar-refractivity contribution in [3.8, 4) is 5.75 Å². The van der Waals surface area contributed by atoms with Crippen molar-refractivity contribution in [1.82, 2.24) is 10.2 Å². The Morgan fingerprint density at radius 2 is 1.69 bits per heavy atom. The molecular formula is C24H30F3N3O5S. The normalized spacial score (nSPS) is 12.7. The molecule has 0 aliphatic heterocycles. The van der Waals surface area contributed by atoms with Crippen molar-refractivity contribution < 1.29 is 35.9 Å². The first kappa shape index (κ1) is 29.0. The highest BCUT2D eigenvalue weighted by atomic mass is 32.2. The van der Waals surface area contributed by atoms with Crippen LogP contribution in [-0.4, -0.2) is 57.1 Å². The second kappa shape index (κ2) is 11.6. The van der Waals surface area contributed by atoms with Crippen molar-refractivity contribution in [3.63, 3.8) is 0 Å². The molecule has 36 heavy (non-hydrogen) atoms. The molecule has 1 atom stereocenters. The lowest BCUT2D eigenvalue weighted by atomic mass is 10.1. The maximum atomic E-state index is 13.4. The standard InChI is InChI=1S/C24H30F3N3O5S/c1-16(2)28-23(32)17(3)29(14-18-8-6-11-21(12-18)35-4)22(31)15-30(36(5,33)34)20-10-7-9-19(13-20)24(25,26)27/h6-13,16-17H,14-15H2,1-5H3,(H,28,32). The van der Waals surface area contributed by atoms with E-state index in [-0.39, 0.29) is 18.3 Å². The van der Waals surface area contributed by atoms with Crippen LogP contribution in [0.15, 0.2) is 48.5 Å². The van der Waals surface area contributed by atoms with Gasteiger partial charge in [0.25, 0.3) is 0 Å². The van der Waals surface area contributed by atoms with E-state index in [4.69, 9.17) is 4.74 Å². The Morgan fingerprint density at radius 1 is 1.06 bits per heavy atom. The Bertz CT molecular complexity index is 1190. The molecule has 0 aliphatic rings. The first-order valence-electron chi connectivity index (χ1n) is 11.0. The number of carbonyl (C=O) groups excluding carboxylic acids is 2. The molecule has 2 amide bonds. The topological polar surface area (TPSA) is 96.0 Å². The summed E-state index contributed by atoms with van der Waals surface area (Å²) in [7, 11) is -2.69. The molecule has 2 rings (SSSR count). The zero-order valence-corrected chi connectivity index (χ0v) is 21.5. The van der Waals surface area contributed by atoms with Gasteiger partial charge in [-0.15, -0.1) is 0 Å². The smallest absolute Gasteiger partial charge is 0.416 e. The molecule has 0 saturated heterocycles. The maximum Gasteiger partial charge on any atom is 0.416 e. The van der Waals surface area contributed by atoms with Crippen molar-refractivity contribution in [3.05, 3.63) is 59.7 Å². The Labute approximate surface area is 209 Å². The van der Waals surface area contributed by atoms with E-state index in [0.29, 0.717) is 21.7 Å². The molecular weight excluding hydrogens is 499 g/mol. The van der Waals surface area contributed by atoms with Gasteiger partial charge in [-0.2, -0.15) is 13.2 Å². The van der Waals surface area contributed by atoms with Gasteiger partial charge in [-0.05, 0) is 56.7 Å². The van der Waals surface area contributed by atoms with Gasteiger partial charge in [0.05, 0.1) is 24.6 Å². The Kier molecular flexibility index (Phi) is 9.36. The molecule has 0 fully saturated rings. The van der Waals surface area contributed by atoms with Crippen LogP contribution in [0.5, 0.6) is 5.75 Å². The van der Waals surface area contributed by atoms with E-state index in [1.54, 1.807) is 38.1 Å². The molecule has 0 radical (unpaired) electrons. The fourth-order valence-corrected chi connectivity index (χ4v) is 4.25. The minimum absolute atomic E-state index is 0.0666. The Balaban J connectivity index is 2.46. The molecule has 0 saturated carbocycles. The number of alkyl halides is 3. The SMILES string of the molecule is COc1cccc(CN(C(=O)CN(c2cccc(C(F)(F)F)c2)S(C)(=O)=O)C(C)C(=O)NC(C)C)c1. The first-order valence-corrected chi connectivity index (χ1v) is 12.9. The van der Waals surface area contributed by atoms with Gasteiger partial charge < -0.3 is 15.0 Å². The van der Waals surface area contributed by atoms with E-state index in [2.05, 4.69) is 5.32 Å². The van der Waals surface area contributed by atoms with Crippen molar-refractivity contribution in [2.24, 2.45) is 0 Å². The van der Waals surface area contributed by atoms with Crippen molar-refractivity contribution in [2.75, 3.05) is 24.2 Å². The summed E-state index contributed by atoms with van der Waals surface area (Å²) in [6, 6.07) is 9.24. The summed E-state index contributed by atoms with van der Waals surface area (Å²) in [5.41, 5.74) is -0.767. The summed E-state index contributed by atoms with van der Waals surface area (Å²) in [5, 5.41) is 2.71. The highest BCUT2D eigenvalue weighted by Gasteiger charge is 2.33. The summed E-state index contributed by atoms with van der Waals surface area (Å²) in [4.78, 5) is 27.3. The Hall–Kier alpha value is -3.28. The lowest BCUT2D eigenvalue weighted by molar-refractivity contribution is -0.139. The average molecular weight is 530 g/mol.